The molecular weight excluding hydrogens is 272 g/mol. The van der Waals surface area contributed by atoms with E-state index in [1.165, 1.54) is 6.42 Å². The molecule has 0 spiro atoms. The molecule has 4 heteroatoms. The number of hydrogen-bond donors (Lipinski definition) is 1. The van der Waals surface area contributed by atoms with E-state index in [2.05, 4.69) is 10.2 Å². The molecule has 0 radical (unpaired) electrons. The molecule has 1 aliphatic rings. The molecular formula is C16H23ClN2O. The number of nitrogens with zero attached hydrogens (tertiary/aromatic N) is 1. The van der Waals surface area contributed by atoms with Gasteiger partial charge in [-0.3, -0.25) is 4.79 Å². The highest BCUT2D eigenvalue weighted by Gasteiger charge is 2.27. The Morgan fingerprint density at radius 1 is 1.35 bits per heavy atom. The van der Waals surface area contributed by atoms with Crippen LogP contribution in [0.5, 0.6) is 0 Å². The first-order valence-electron chi connectivity index (χ1n) is 7.19. The van der Waals surface area contributed by atoms with Crippen LogP contribution in [0.1, 0.15) is 32.8 Å². The minimum absolute atomic E-state index is 0.0156. The third-order valence-electron chi connectivity index (χ3n) is 3.93. The molecule has 0 aliphatic carbocycles. The Morgan fingerprint density at radius 2 is 1.95 bits per heavy atom. The molecule has 0 bridgehead atoms. The molecule has 3 nitrogen and oxygen atoms in total. The van der Waals surface area contributed by atoms with Gasteiger partial charge in [0.1, 0.15) is 0 Å². The number of nitrogens with one attached hydrogen (secondary N) is 1. The highest BCUT2D eigenvalue weighted by atomic mass is 35.5. The van der Waals surface area contributed by atoms with Gasteiger partial charge in [0.2, 0.25) is 5.91 Å². The van der Waals surface area contributed by atoms with Crippen LogP contribution in [0.3, 0.4) is 0 Å². The summed E-state index contributed by atoms with van der Waals surface area (Å²) in [5.41, 5.74) is 0.677. The third kappa shape index (κ3) is 3.74. The molecule has 1 aromatic rings. The molecule has 2 rings (SSSR count). The largest absolute Gasteiger partial charge is 0.347 e. The minimum Gasteiger partial charge on any atom is -0.347 e. The second-order valence-electron chi connectivity index (χ2n) is 6.18. The summed E-state index contributed by atoms with van der Waals surface area (Å²) in [6.07, 6.45) is 1.25. The van der Waals surface area contributed by atoms with E-state index in [1.54, 1.807) is 0 Å². The van der Waals surface area contributed by atoms with E-state index in [9.17, 15) is 4.79 Å². The molecule has 1 N–H and O–H groups in total. The Labute approximate surface area is 126 Å². The van der Waals surface area contributed by atoms with E-state index in [1.807, 2.05) is 45.0 Å². The van der Waals surface area contributed by atoms with E-state index in [-0.39, 0.29) is 17.4 Å². The van der Waals surface area contributed by atoms with Gasteiger partial charge in [-0.2, -0.15) is 0 Å². The van der Waals surface area contributed by atoms with Crippen LogP contribution in [-0.2, 0) is 10.3 Å². The highest BCUT2D eigenvalue weighted by Crippen LogP contribution is 2.22. The quantitative estimate of drug-likeness (QED) is 0.905. The van der Waals surface area contributed by atoms with Crippen molar-refractivity contribution >= 4 is 17.5 Å². The first-order valence-corrected chi connectivity index (χ1v) is 7.57. The first kappa shape index (κ1) is 15.3. The van der Waals surface area contributed by atoms with E-state index >= 15 is 0 Å². The van der Waals surface area contributed by atoms with Crippen LogP contribution in [0.25, 0.3) is 0 Å². The van der Waals surface area contributed by atoms with E-state index in [4.69, 9.17) is 11.6 Å². The van der Waals surface area contributed by atoms with Gasteiger partial charge in [0.15, 0.2) is 0 Å². The molecule has 1 unspecified atom stereocenters. The number of carbonyl (C=O) groups is 1. The van der Waals surface area contributed by atoms with E-state index < -0.39 is 0 Å². The van der Waals surface area contributed by atoms with Gasteiger partial charge >= 0.3 is 0 Å². The van der Waals surface area contributed by atoms with Crippen molar-refractivity contribution in [2.24, 2.45) is 5.92 Å². The van der Waals surface area contributed by atoms with Crippen LogP contribution < -0.4 is 5.32 Å². The lowest BCUT2D eigenvalue weighted by Gasteiger charge is -2.34. The summed E-state index contributed by atoms with van der Waals surface area (Å²) in [6, 6.07) is 7.63. The maximum Gasteiger partial charge on any atom is 0.224 e. The van der Waals surface area contributed by atoms with Crippen LogP contribution in [0, 0.1) is 5.92 Å². The van der Waals surface area contributed by atoms with Crippen molar-refractivity contribution in [2.75, 3.05) is 19.6 Å². The van der Waals surface area contributed by atoms with Crippen LogP contribution in [0.15, 0.2) is 24.3 Å². The van der Waals surface area contributed by atoms with Gasteiger partial charge in [-0.25, -0.2) is 0 Å². The number of likely N-dealkylation sites (tertiary alicyclic amines) is 1. The van der Waals surface area contributed by atoms with Crippen LogP contribution in [0.2, 0.25) is 5.02 Å². The Kier molecular flexibility index (Phi) is 4.71. The molecule has 110 valence electrons. The lowest BCUT2D eigenvalue weighted by atomic mass is 9.93. The Morgan fingerprint density at radius 3 is 2.45 bits per heavy atom. The number of halogens is 1. The number of benzene rings is 1. The fraction of sp³-hybridized carbons (Fsp3) is 0.562. The minimum atomic E-state index is -0.384. The van der Waals surface area contributed by atoms with Crippen molar-refractivity contribution in [1.29, 1.82) is 0 Å². The molecule has 0 saturated carbocycles. The van der Waals surface area contributed by atoms with Crippen molar-refractivity contribution < 1.29 is 4.79 Å². The standard InChI is InChI=1S/C16H23ClN2O/c1-12(11-19-9-4-10-19)15(20)18-16(2,3)13-5-7-14(17)8-6-13/h5-8,12H,4,9-11H2,1-3H3,(H,18,20). The summed E-state index contributed by atoms with van der Waals surface area (Å²) in [5.74, 6) is 0.124. The summed E-state index contributed by atoms with van der Waals surface area (Å²) >= 11 is 5.90. The van der Waals surface area contributed by atoms with Gasteiger partial charge in [0.05, 0.1) is 5.54 Å². The van der Waals surface area contributed by atoms with Gasteiger partial charge in [0.25, 0.3) is 0 Å². The smallest absolute Gasteiger partial charge is 0.224 e. The van der Waals surface area contributed by atoms with Gasteiger partial charge in [0, 0.05) is 17.5 Å². The van der Waals surface area contributed by atoms with Crippen LogP contribution >= 0.6 is 11.6 Å². The van der Waals surface area contributed by atoms with Gasteiger partial charge in [-0.15, -0.1) is 0 Å². The number of hydrogen-bond acceptors (Lipinski definition) is 2. The monoisotopic (exact) mass is 294 g/mol. The molecule has 1 saturated heterocycles. The number of carbonyl (C=O) groups excluding carboxylic acids is 1. The number of rotatable bonds is 5. The fourth-order valence-electron chi connectivity index (χ4n) is 2.40. The van der Waals surface area contributed by atoms with E-state index in [0.29, 0.717) is 5.02 Å². The average Bonchev–Trinajstić information content (AvgIpc) is 2.33. The molecule has 1 aliphatic heterocycles. The van der Waals surface area contributed by atoms with Crippen LogP contribution in [-0.4, -0.2) is 30.4 Å². The Bertz CT molecular complexity index is 466. The van der Waals surface area contributed by atoms with Crippen molar-refractivity contribution in [1.82, 2.24) is 10.2 Å². The van der Waals surface area contributed by atoms with Crippen molar-refractivity contribution in [3.63, 3.8) is 0 Å². The predicted octanol–water partition coefficient (Wildman–Crippen LogP) is 3.03. The zero-order valence-corrected chi connectivity index (χ0v) is 13.2. The summed E-state index contributed by atoms with van der Waals surface area (Å²) in [6.45, 7) is 9.12. The van der Waals surface area contributed by atoms with Crippen LogP contribution in [0.4, 0.5) is 0 Å². The zero-order chi connectivity index (χ0) is 14.8. The van der Waals surface area contributed by atoms with Crippen molar-refractivity contribution in [2.45, 2.75) is 32.7 Å². The first-order chi connectivity index (χ1) is 9.38. The molecule has 1 fully saturated rings. The fourth-order valence-corrected chi connectivity index (χ4v) is 2.53. The molecule has 20 heavy (non-hydrogen) atoms. The van der Waals surface area contributed by atoms with Gasteiger partial charge < -0.3 is 10.2 Å². The lowest BCUT2D eigenvalue weighted by Crippen LogP contribution is -2.48. The molecule has 1 aromatic carbocycles. The topological polar surface area (TPSA) is 32.3 Å². The second kappa shape index (κ2) is 6.15. The molecule has 1 amide bonds. The zero-order valence-electron chi connectivity index (χ0n) is 12.4. The highest BCUT2D eigenvalue weighted by molar-refractivity contribution is 6.30. The number of amides is 1. The summed E-state index contributed by atoms with van der Waals surface area (Å²) in [4.78, 5) is 14.6. The van der Waals surface area contributed by atoms with Crippen molar-refractivity contribution in [3.8, 4) is 0 Å². The molecule has 0 aromatic heterocycles. The maximum atomic E-state index is 12.3. The SMILES string of the molecule is CC(CN1CCC1)C(=O)NC(C)(C)c1ccc(Cl)cc1. The van der Waals surface area contributed by atoms with E-state index in [0.717, 1.165) is 25.2 Å². The average molecular weight is 295 g/mol. The maximum absolute atomic E-state index is 12.3. The normalized spacial score (nSPS) is 17.4. The summed E-state index contributed by atoms with van der Waals surface area (Å²) in [5, 5.41) is 3.85. The molecule has 1 atom stereocenters. The Hall–Kier alpha value is -1.06. The molecule has 1 heterocycles. The van der Waals surface area contributed by atoms with Gasteiger partial charge in [-0.05, 0) is 51.1 Å². The third-order valence-corrected chi connectivity index (χ3v) is 4.18. The predicted molar refractivity (Wildman–Crippen MR) is 82.8 cm³/mol. The van der Waals surface area contributed by atoms with Gasteiger partial charge in [-0.1, -0.05) is 30.7 Å². The van der Waals surface area contributed by atoms with Crippen molar-refractivity contribution in [3.05, 3.63) is 34.9 Å². The Balaban J connectivity index is 1.95. The second-order valence-corrected chi connectivity index (χ2v) is 6.61. The lowest BCUT2D eigenvalue weighted by molar-refractivity contribution is -0.127. The summed E-state index contributed by atoms with van der Waals surface area (Å²) < 4.78 is 0. The summed E-state index contributed by atoms with van der Waals surface area (Å²) in [7, 11) is 0.